The highest BCUT2D eigenvalue weighted by Gasteiger charge is 2.32. The molecule has 19 heavy (non-hydrogen) atoms. The van der Waals surface area contributed by atoms with Crippen LogP contribution in [0.1, 0.15) is 44.6 Å². The number of hydrogen-bond donors (Lipinski definition) is 1. The van der Waals surface area contributed by atoms with Gasteiger partial charge in [-0.2, -0.15) is 0 Å². The zero-order valence-electron chi connectivity index (χ0n) is 11.3. The van der Waals surface area contributed by atoms with Gasteiger partial charge in [0.05, 0.1) is 5.02 Å². The topological polar surface area (TPSA) is 26.0 Å². The molecule has 1 fully saturated rings. The summed E-state index contributed by atoms with van der Waals surface area (Å²) >= 11 is 9.24. The highest BCUT2D eigenvalue weighted by atomic mass is 79.9. The fraction of sp³-hybridized carbons (Fsp3) is 0.600. The fourth-order valence-corrected chi connectivity index (χ4v) is 3.50. The molecule has 0 heterocycles. The minimum atomic E-state index is -0.319. The van der Waals surface area contributed by atoms with Crippen molar-refractivity contribution in [2.45, 2.75) is 45.1 Å². The summed E-state index contributed by atoms with van der Waals surface area (Å²) in [6, 6.07) is 3.66. The van der Waals surface area contributed by atoms with Crippen molar-refractivity contribution in [3.63, 3.8) is 0 Å². The third kappa shape index (κ3) is 3.14. The van der Waals surface area contributed by atoms with Gasteiger partial charge in [-0.3, -0.25) is 0 Å². The second-order valence-corrected chi connectivity index (χ2v) is 7.08. The van der Waals surface area contributed by atoms with Crippen LogP contribution in [-0.4, -0.2) is 6.04 Å². The number of benzene rings is 1. The Morgan fingerprint density at radius 2 is 2.05 bits per heavy atom. The van der Waals surface area contributed by atoms with E-state index in [4.69, 9.17) is 17.3 Å². The standard InChI is InChI=1S/C15H20BrClFN/c1-8(2)9-3-6-13(19)11(7-9)10-4-5-12(16)14(17)15(10)18/h4-5,8-9,11,13H,3,6-7,19H2,1-2H3. The van der Waals surface area contributed by atoms with E-state index in [1.807, 2.05) is 12.1 Å². The van der Waals surface area contributed by atoms with Gasteiger partial charge in [-0.15, -0.1) is 0 Å². The Morgan fingerprint density at radius 1 is 1.37 bits per heavy atom. The lowest BCUT2D eigenvalue weighted by molar-refractivity contribution is 0.230. The van der Waals surface area contributed by atoms with Crippen molar-refractivity contribution in [1.82, 2.24) is 0 Å². The molecule has 0 aliphatic heterocycles. The molecule has 0 aromatic heterocycles. The fourth-order valence-electron chi connectivity index (χ4n) is 3.02. The second kappa shape index (κ2) is 6.11. The van der Waals surface area contributed by atoms with Gasteiger partial charge >= 0.3 is 0 Å². The van der Waals surface area contributed by atoms with Crippen LogP contribution in [0.15, 0.2) is 16.6 Å². The molecule has 1 aromatic rings. The van der Waals surface area contributed by atoms with Gasteiger partial charge in [0.15, 0.2) is 0 Å². The Balaban J connectivity index is 2.31. The van der Waals surface area contributed by atoms with Crippen LogP contribution in [0, 0.1) is 17.7 Å². The van der Waals surface area contributed by atoms with Crippen LogP contribution >= 0.6 is 27.5 Å². The lowest BCUT2D eigenvalue weighted by atomic mass is 9.71. The van der Waals surface area contributed by atoms with E-state index in [0.717, 1.165) is 19.3 Å². The van der Waals surface area contributed by atoms with Gasteiger partial charge in [0.1, 0.15) is 5.82 Å². The molecule has 0 bridgehead atoms. The van der Waals surface area contributed by atoms with E-state index in [9.17, 15) is 4.39 Å². The number of halogens is 3. The first-order valence-corrected chi connectivity index (χ1v) is 7.97. The van der Waals surface area contributed by atoms with Gasteiger partial charge in [0.25, 0.3) is 0 Å². The van der Waals surface area contributed by atoms with Gasteiger partial charge in [-0.25, -0.2) is 4.39 Å². The Hall–Kier alpha value is -0.120. The second-order valence-electron chi connectivity index (χ2n) is 5.85. The first-order valence-electron chi connectivity index (χ1n) is 6.80. The number of nitrogens with two attached hydrogens (primary N) is 1. The first-order chi connectivity index (χ1) is 8.91. The Morgan fingerprint density at radius 3 is 2.68 bits per heavy atom. The first kappa shape index (κ1) is 15.3. The molecule has 1 aliphatic carbocycles. The normalized spacial score (nSPS) is 27.8. The lowest BCUT2D eigenvalue weighted by Crippen LogP contribution is -2.36. The van der Waals surface area contributed by atoms with E-state index < -0.39 is 0 Å². The molecule has 106 valence electrons. The molecule has 3 unspecified atom stereocenters. The molecular weight excluding hydrogens is 329 g/mol. The molecule has 0 amide bonds. The molecule has 4 heteroatoms. The van der Waals surface area contributed by atoms with Crippen LogP contribution in [0.4, 0.5) is 4.39 Å². The summed E-state index contributed by atoms with van der Waals surface area (Å²) in [6.45, 7) is 4.45. The average Bonchev–Trinajstić information content (AvgIpc) is 2.37. The van der Waals surface area contributed by atoms with E-state index in [2.05, 4.69) is 29.8 Å². The summed E-state index contributed by atoms with van der Waals surface area (Å²) in [5.41, 5.74) is 6.88. The van der Waals surface area contributed by atoms with Crippen molar-refractivity contribution < 1.29 is 4.39 Å². The van der Waals surface area contributed by atoms with Crippen LogP contribution in [0.5, 0.6) is 0 Å². The van der Waals surface area contributed by atoms with Gasteiger partial charge < -0.3 is 5.73 Å². The molecule has 2 rings (SSSR count). The maximum Gasteiger partial charge on any atom is 0.146 e. The van der Waals surface area contributed by atoms with Crippen molar-refractivity contribution in [3.05, 3.63) is 33.0 Å². The van der Waals surface area contributed by atoms with Crippen LogP contribution < -0.4 is 5.73 Å². The molecule has 3 atom stereocenters. The van der Waals surface area contributed by atoms with Gasteiger partial charge in [-0.05, 0) is 58.7 Å². The zero-order valence-corrected chi connectivity index (χ0v) is 13.6. The zero-order chi connectivity index (χ0) is 14.2. The Labute approximate surface area is 127 Å². The predicted molar refractivity (Wildman–Crippen MR) is 82.0 cm³/mol. The van der Waals surface area contributed by atoms with Crippen molar-refractivity contribution in [1.29, 1.82) is 0 Å². The van der Waals surface area contributed by atoms with Crippen molar-refractivity contribution in [2.24, 2.45) is 17.6 Å². The minimum absolute atomic E-state index is 0.0294. The molecule has 0 saturated heterocycles. The summed E-state index contributed by atoms with van der Waals surface area (Å²) in [6.07, 6.45) is 3.05. The molecular formula is C15H20BrClFN. The third-order valence-electron chi connectivity index (χ3n) is 4.35. The highest BCUT2D eigenvalue weighted by Crippen LogP contribution is 2.41. The quantitative estimate of drug-likeness (QED) is 0.739. The molecule has 0 radical (unpaired) electrons. The molecule has 2 N–H and O–H groups in total. The van der Waals surface area contributed by atoms with E-state index >= 15 is 0 Å². The van der Waals surface area contributed by atoms with Crippen molar-refractivity contribution >= 4 is 27.5 Å². The lowest BCUT2D eigenvalue weighted by Gasteiger charge is -2.36. The van der Waals surface area contributed by atoms with E-state index in [1.165, 1.54) is 0 Å². The summed E-state index contributed by atoms with van der Waals surface area (Å²) < 4.78 is 14.9. The molecule has 1 aliphatic rings. The summed E-state index contributed by atoms with van der Waals surface area (Å²) in [5.74, 6) is 0.989. The number of hydrogen-bond acceptors (Lipinski definition) is 1. The maximum atomic E-state index is 14.3. The largest absolute Gasteiger partial charge is 0.327 e. The smallest absolute Gasteiger partial charge is 0.146 e. The van der Waals surface area contributed by atoms with Crippen LogP contribution in [0.25, 0.3) is 0 Å². The van der Waals surface area contributed by atoms with Crippen molar-refractivity contribution in [2.75, 3.05) is 0 Å². The highest BCUT2D eigenvalue weighted by molar-refractivity contribution is 9.10. The Bertz CT molecular complexity index is 464. The SMILES string of the molecule is CC(C)C1CCC(N)C(c2ccc(Br)c(Cl)c2F)C1. The molecule has 1 saturated carbocycles. The maximum absolute atomic E-state index is 14.3. The molecule has 1 nitrogen and oxygen atoms in total. The number of rotatable bonds is 2. The van der Waals surface area contributed by atoms with Crippen LogP contribution in [0.2, 0.25) is 5.02 Å². The van der Waals surface area contributed by atoms with E-state index in [1.54, 1.807) is 0 Å². The summed E-state index contributed by atoms with van der Waals surface area (Å²) in [5, 5.41) is 0.163. The predicted octanol–water partition coefficient (Wildman–Crippen LogP) is 5.11. The third-order valence-corrected chi connectivity index (χ3v) is 5.61. The molecule has 1 aromatic carbocycles. The van der Waals surface area contributed by atoms with Crippen LogP contribution in [0.3, 0.4) is 0 Å². The summed E-state index contributed by atoms with van der Waals surface area (Å²) in [4.78, 5) is 0. The Kier molecular flexibility index (Phi) is 4.91. The van der Waals surface area contributed by atoms with Crippen LogP contribution in [-0.2, 0) is 0 Å². The minimum Gasteiger partial charge on any atom is -0.327 e. The monoisotopic (exact) mass is 347 g/mol. The van der Waals surface area contributed by atoms with Gasteiger partial charge in [0.2, 0.25) is 0 Å². The van der Waals surface area contributed by atoms with Gasteiger partial charge in [-0.1, -0.05) is 31.5 Å². The van der Waals surface area contributed by atoms with E-state index in [-0.39, 0.29) is 22.8 Å². The van der Waals surface area contributed by atoms with Gasteiger partial charge in [0, 0.05) is 16.4 Å². The van der Waals surface area contributed by atoms with E-state index in [0.29, 0.717) is 21.9 Å². The average molecular weight is 349 g/mol. The van der Waals surface area contributed by atoms with Crippen molar-refractivity contribution in [3.8, 4) is 0 Å². The summed E-state index contributed by atoms with van der Waals surface area (Å²) in [7, 11) is 0. The molecule has 0 spiro atoms.